The molecule has 4 heteroatoms. The lowest BCUT2D eigenvalue weighted by molar-refractivity contribution is -0.402. The van der Waals surface area contributed by atoms with Gasteiger partial charge in [0.05, 0.1) is 10.5 Å². The third-order valence-electron chi connectivity index (χ3n) is 0.178. The summed E-state index contributed by atoms with van der Waals surface area (Å²) in [6, 6.07) is 0. The zero-order chi connectivity index (χ0) is 4.99. The third-order valence-corrected chi connectivity index (χ3v) is 0.291. The van der Waals surface area contributed by atoms with Crippen LogP contribution in [0.1, 0.15) is 0 Å². The minimum atomic E-state index is -0.632. The minimum Gasteiger partial charge on any atom is -0.259 e. The van der Waals surface area contributed by atoms with Crippen LogP contribution in [0.2, 0.25) is 0 Å². The molecule has 0 saturated carbocycles. The highest BCUT2D eigenvalue weighted by molar-refractivity contribution is 6.25. The molecule has 0 radical (unpaired) electrons. The van der Waals surface area contributed by atoms with Gasteiger partial charge in [0.1, 0.15) is 0 Å². The topological polar surface area (TPSA) is 43.1 Å². The second kappa shape index (κ2) is 2.66. The lowest BCUT2D eigenvalue weighted by Gasteiger charge is -1.68. The fraction of sp³-hybridized carbons (Fsp3) is 0. The van der Waals surface area contributed by atoms with Gasteiger partial charge in [-0.25, -0.2) is 0 Å². The van der Waals surface area contributed by atoms with Crippen molar-refractivity contribution in [3.8, 4) is 0 Å². The van der Waals surface area contributed by atoms with Crippen LogP contribution in [-0.4, -0.2) is 4.92 Å². The number of halogens is 1. The van der Waals surface area contributed by atoms with Gasteiger partial charge in [-0.1, -0.05) is 11.6 Å². The average molecular weight is 107 g/mol. The molecule has 6 heavy (non-hydrogen) atoms. The van der Waals surface area contributed by atoms with Crippen molar-refractivity contribution in [3.05, 3.63) is 21.8 Å². The molecule has 0 atom stereocenters. The summed E-state index contributed by atoms with van der Waals surface area (Å²) >= 11 is 4.77. The molecule has 0 unspecified atom stereocenters. The van der Waals surface area contributed by atoms with Crippen molar-refractivity contribution >= 4 is 11.6 Å². The second-order valence-corrected chi connectivity index (χ2v) is 0.812. The fourth-order valence-electron chi connectivity index (χ4n) is 0.0460. The van der Waals surface area contributed by atoms with Crippen molar-refractivity contribution in [2.75, 3.05) is 0 Å². The van der Waals surface area contributed by atoms with Crippen LogP contribution in [0.15, 0.2) is 11.7 Å². The molecule has 0 aromatic rings. The number of nitro groups is 1. The van der Waals surface area contributed by atoms with Crippen LogP contribution in [0.3, 0.4) is 0 Å². The van der Waals surface area contributed by atoms with Gasteiger partial charge in [0, 0.05) is 0 Å². The maximum absolute atomic E-state index is 9.23. The predicted octanol–water partition coefficient (Wildman–Crippen LogP) is 0.973. The first kappa shape index (κ1) is 5.43. The van der Waals surface area contributed by atoms with Crippen molar-refractivity contribution in [1.82, 2.24) is 0 Å². The van der Waals surface area contributed by atoms with E-state index in [0.717, 1.165) is 5.54 Å². The van der Waals surface area contributed by atoms with E-state index in [1.807, 2.05) is 0 Å². The van der Waals surface area contributed by atoms with E-state index >= 15 is 0 Å². The summed E-state index contributed by atoms with van der Waals surface area (Å²) in [6.07, 6.45) is 0.654. The molecule has 0 N–H and O–H groups in total. The predicted molar refractivity (Wildman–Crippen MR) is 22.0 cm³/mol. The van der Waals surface area contributed by atoms with Crippen LogP contribution in [-0.2, 0) is 0 Å². The largest absolute Gasteiger partial charge is 0.259 e. The van der Waals surface area contributed by atoms with Crippen molar-refractivity contribution in [2.45, 2.75) is 0 Å². The van der Waals surface area contributed by atoms with Crippen LogP contribution in [0.4, 0.5) is 0 Å². The zero-order valence-electron chi connectivity index (χ0n) is 2.80. The monoisotopic (exact) mass is 107 g/mol. The molecule has 0 aromatic heterocycles. The Morgan fingerprint density at radius 3 is 2.33 bits per heavy atom. The van der Waals surface area contributed by atoms with Crippen molar-refractivity contribution in [1.29, 1.82) is 0 Å². The van der Waals surface area contributed by atoms with E-state index in [4.69, 9.17) is 11.6 Å². The normalized spacial score (nSPS) is 9.50. The van der Waals surface area contributed by atoms with E-state index in [1.165, 1.54) is 0 Å². The molecule has 0 spiro atoms. The molecule has 0 amide bonds. The van der Waals surface area contributed by atoms with Crippen LogP contribution in [0, 0.1) is 10.1 Å². The first-order valence-electron chi connectivity index (χ1n) is 1.17. The first-order valence-corrected chi connectivity index (χ1v) is 1.61. The quantitative estimate of drug-likeness (QED) is 0.370. The molecule has 3 nitrogen and oxygen atoms in total. The Hall–Kier alpha value is -0.570. The highest BCUT2D eigenvalue weighted by Gasteiger charge is 1.75. The maximum atomic E-state index is 9.23. The highest BCUT2D eigenvalue weighted by atomic mass is 35.5. The number of nitrogens with zero attached hydrogens (tertiary/aromatic N) is 1. The second-order valence-electron chi connectivity index (χ2n) is 0.560. The van der Waals surface area contributed by atoms with Gasteiger partial charge in [0.15, 0.2) is 0 Å². The average Bonchev–Trinajstić information content (AvgIpc) is 1.35. The maximum Gasteiger partial charge on any atom is 0.245 e. The molecular weight excluding hydrogens is 105 g/mol. The van der Waals surface area contributed by atoms with Gasteiger partial charge in [-0.15, -0.1) is 0 Å². The molecule has 0 aliphatic rings. The molecule has 0 fully saturated rings. The Bertz CT molecular complexity index is 79.6. The summed E-state index contributed by atoms with van der Waals surface area (Å²) in [7, 11) is 0. The van der Waals surface area contributed by atoms with E-state index in [9.17, 15) is 10.1 Å². The summed E-state index contributed by atoms with van der Waals surface area (Å²) in [6.45, 7) is 0. The molecule has 0 bridgehead atoms. The Morgan fingerprint density at radius 2 is 2.33 bits per heavy atom. The molecule has 0 heterocycles. The van der Waals surface area contributed by atoms with Crippen LogP contribution in [0.25, 0.3) is 0 Å². The van der Waals surface area contributed by atoms with E-state index in [1.54, 1.807) is 0 Å². The van der Waals surface area contributed by atoms with Crippen molar-refractivity contribution in [2.24, 2.45) is 0 Å². The summed E-state index contributed by atoms with van der Waals surface area (Å²) in [4.78, 5) is 8.60. The van der Waals surface area contributed by atoms with Crippen molar-refractivity contribution in [3.63, 3.8) is 0 Å². The van der Waals surface area contributed by atoms with E-state index < -0.39 is 4.92 Å². The first-order chi connectivity index (χ1) is 2.77. The molecule has 0 aromatic carbocycles. The molecule has 0 aliphatic heterocycles. The van der Waals surface area contributed by atoms with Gasteiger partial charge in [-0.05, 0) is 0 Å². The molecule has 0 rings (SSSR count). The Morgan fingerprint density at radius 1 is 1.83 bits per heavy atom. The zero-order valence-corrected chi connectivity index (χ0v) is 3.55. The highest BCUT2D eigenvalue weighted by Crippen LogP contribution is 1.75. The third kappa shape index (κ3) is 3.43. The standard InChI is InChI=1S/C2H2ClNO2/c3-1-2-4(5)6/h1-2H. The SMILES string of the molecule is O=[N+]([O-])C=CCl. The molecular formula is C2H2ClNO2. The Balaban J connectivity index is 3.30. The van der Waals surface area contributed by atoms with Crippen LogP contribution >= 0.6 is 11.6 Å². The van der Waals surface area contributed by atoms with Crippen LogP contribution in [0.5, 0.6) is 0 Å². The van der Waals surface area contributed by atoms with Crippen LogP contribution < -0.4 is 0 Å². The summed E-state index contributed by atoms with van der Waals surface area (Å²) in [5.74, 6) is 0. The lowest BCUT2D eigenvalue weighted by atomic mass is 11.1. The number of hydrogen-bond donors (Lipinski definition) is 0. The minimum absolute atomic E-state index is 0.632. The molecule has 0 saturated heterocycles. The molecule has 0 aliphatic carbocycles. The lowest BCUT2D eigenvalue weighted by Crippen LogP contribution is -1.78. The van der Waals surface area contributed by atoms with Gasteiger partial charge >= 0.3 is 0 Å². The Labute approximate surface area is 39.4 Å². The van der Waals surface area contributed by atoms with Gasteiger partial charge in [-0.2, -0.15) is 0 Å². The van der Waals surface area contributed by atoms with Gasteiger partial charge in [-0.3, -0.25) is 10.1 Å². The van der Waals surface area contributed by atoms with E-state index in [0.29, 0.717) is 6.20 Å². The van der Waals surface area contributed by atoms with E-state index in [-0.39, 0.29) is 0 Å². The van der Waals surface area contributed by atoms with E-state index in [2.05, 4.69) is 0 Å². The smallest absolute Gasteiger partial charge is 0.245 e. The fourth-order valence-corrected chi connectivity index (χ4v) is 0.138. The number of rotatable bonds is 1. The van der Waals surface area contributed by atoms with Gasteiger partial charge in [0.2, 0.25) is 6.20 Å². The summed E-state index contributed by atoms with van der Waals surface area (Å²) < 4.78 is 0. The number of hydrogen-bond acceptors (Lipinski definition) is 2. The van der Waals surface area contributed by atoms with Crippen molar-refractivity contribution < 1.29 is 4.92 Å². The summed E-state index contributed by atoms with van der Waals surface area (Å²) in [5.41, 5.74) is 0.847. The van der Waals surface area contributed by atoms with Gasteiger partial charge in [0.25, 0.3) is 0 Å². The Kier molecular flexibility index (Phi) is 2.40. The summed E-state index contributed by atoms with van der Waals surface area (Å²) in [5, 5.41) is 9.23. The molecule has 34 valence electrons. The van der Waals surface area contributed by atoms with Gasteiger partial charge < -0.3 is 0 Å².